The summed E-state index contributed by atoms with van der Waals surface area (Å²) in [6.45, 7) is 2.27. The lowest BCUT2D eigenvalue weighted by atomic mass is 9.83. The zero-order valence-electron chi connectivity index (χ0n) is 19.9. The van der Waals surface area contributed by atoms with Crippen molar-refractivity contribution in [3.05, 3.63) is 64.6 Å². The van der Waals surface area contributed by atoms with Crippen LogP contribution in [-0.2, 0) is 30.6 Å². The van der Waals surface area contributed by atoms with Crippen LogP contribution in [0.15, 0.2) is 58.5 Å². The largest absolute Gasteiger partial charge is 0.461 e. The predicted molar refractivity (Wildman–Crippen MR) is 133 cm³/mol. The lowest BCUT2D eigenvalue weighted by molar-refractivity contribution is -0.153. The molecule has 3 heterocycles. The molecule has 3 aromatic rings. The minimum atomic E-state index is -1.45. The highest BCUT2D eigenvalue weighted by Crippen LogP contribution is 2.35. The number of carbonyl (C=O) groups is 3. The molecule has 0 saturated heterocycles. The zero-order chi connectivity index (χ0) is 25.7. The molecule has 1 aromatic carbocycles. The number of hydrogen-bond acceptors (Lipinski definition) is 8. The number of alkyl halides is 1. The molecule has 1 unspecified atom stereocenters. The number of benzene rings is 1. The summed E-state index contributed by atoms with van der Waals surface area (Å²) in [5.74, 6) is -2.67. The number of halogens is 1. The van der Waals surface area contributed by atoms with Crippen LogP contribution in [0.2, 0.25) is 0 Å². The smallest absolute Gasteiger partial charge is 0.308 e. The normalized spacial score (nSPS) is 17.9. The van der Waals surface area contributed by atoms with E-state index < -0.39 is 42.4 Å². The number of rotatable bonds is 10. The van der Waals surface area contributed by atoms with Crippen molar-refractivity contribution in [3.63, 3.8) is 0 Å². The summed E-state index contributed by atoms with van der Waals surface area (Å²) < 4.78 is 18.5. The highest BCUT2D eigenvalue weighted by atomic mass is 32.1. The number of Topliss-reactive ketones (excluding diaryl/α,β-unsaturated/α-hetero) is 1. The summed E-state index contributed by atoms with van der Waals surface area (Å²) in [5, 5.41) is 12.2. The van der Waals surface area contributed by atoms with Crippen molar-refractivity contribution in [2.75, 3.05) is 6.67 Å². The Morgan fingerprint density at radius 2 is 2.03 bits per heavy atom. The summed E-state index contributed by atoms with van der Waals surface area (Å²) >= 11 is 1.46. The standard InChI is InChI=1S/C26H26FN3O5S/c1-16(2)26(12-21(30-35-26)24-19-6-4-3-5-18(19)7-9-28-24)25(33)29-20(22(31)13-27)11-23(32)34-14-17-8-10-36-15-17/h3-10,15-16,20H,11-14H2,1-2H3,(H,29,33)/t20-,26?/m0/s1. The number of thiophene rings is 1. The van der Waals surface area contributed by atoms with Gasteiger partial charge in [-0.2, -0.15) is 11.3 Å². The molecule has 0 saturated carbocycles. The minimum Gasteiger partial charge on any atom is -0.461 e. The van der Waals surface area contributed by atoms with E-state index in [1.165, 1.54) is 11.3 Å². The Hall–Kier alpha value is -3.66. The Morgan fingerprint density at radius 1 is 1.22 bits per heavy atom. The number of ether oxygens (including phenoxy) is 1. The summed E-state index contributed by atoms with van der Waals surface area (Å²) in [6, 6.07) is 9.95. The van der Waals surface area contributed by atoms with Gasteiger partial charge in [-0.05, 0) is 28.3 Å². The average molecular weight is 512 g/mol. The lowest BCUT2D eigenvalue weighted by Gasteiger charge is -2.30. The first-order valence-corrected chi connectivity index (χ1v) is 12.4. The Morgan fingerprint density at radius 3 is 2.75 bits per heavy atom. The third-order valence-corrected chi connectivity index (χ3v) is 6.92. The summed E-state index contributed by atoms with van der Waals surface area (Å²) in [5.41, 5.74) is 0.426. The van der Waals surface area contributed by atoms with Crippen molar-refractivity contribution < 1.29 is 28.3 Å². The predicted octanol–water partition coefficient (Wildman–Crippen LogP) is 3.97. The number of nitrogens with one attached hydrogen (secondary N) is 1. The topological polar surface area (TPSA) is 107 Å². The van der Waals surface area contributed by atoms with Crippen molar-refractivity contribution in [1.29, 1.82) is 0 Å². The molecule has 1 amide bonds. The first kappa shape index (κ1) is 25.4. The maximum absolute atomic E-state index is 13.5. The van der Waals surface area contributed by atoms with E-state index in [9.17, 15) is 18.8 Å². The average Bonchev–Trinajstić information content (AvgIpc) is 3.57. The quantitative estimate of drug-likeness (QED) is 0.413. The van der Waals surface area contributed by atoms with E-state index in [0.717, 1.165) is 16.3 Å². The number of ketones is 1. The number of pyridine rings is 1. The van der Waals surface area contributed by atoms with E-state index >= 15 is 0 Å². The second-order valence-corrected chi connectivity index (χ2v) is 9.63. The van der Waals surface area contributed by atoms with Gasteiger partial charge in [0.1, 0.15) is 25.0 Å². The van der Waals surface area contributed by atoms with E-state index in [1.54, 1.807) is 26.1 Å². The molecule has 2 aromatic heterocycles. The Bertz CT molecular complexity index is 1290. The monoisotopic (exact) mass is 511 g/mol. The van der Waals surface area contributed by atoms with Crippen LogP contribution in [-0.4, -0.2) is 46.7 Å². The van der Waals surface area contributed by atoms with Gasteiger partial charge in [0.05, 0.1) is 12.1 Å². The van der Waals surface area contributed by atoms with Crippen LogP contribution < -0.4 is 5.32 Å². The summed E-state index contributed by atoms with van der Waals surface area (Å²) in [4.78, 5) is 48.2. The van der Waals surface area contributed by atoms with Crippen LogP contribution in [0.3, 0.4) is 0 Å². The van der Waals surface area contributed by atoms with Crippen LogP contribution in [0.5, 0.6) is 0 Å². The van der Waals surface area contributed by atoms with Gasteiger partial charge in [0.2, 0.25) is 5.60 Å². The fourth-order valence-electron chi connectivity index (χ4n) is 4.00. The van der Waals surface area contributed by atoms with Gasteiger partial charge >= 0.3 is 5.97 Å². The molecule has 0 bridgehead atoms. The number of carbonyl (C=O) groups excluding carboxylic acids is 3. The molecule has 0 fully saturated rings. The van der Waals surface area contributed by atoms with E-state index in [0.29, 0.717) is 11.4 Å². The Balaban J connectivity index is 1.49. The first-order valence-electron chi connectivity index (χ1n) is 11.5. The van der Waals surface area contributed by atoms with E-state index in [2.05, 4.69) is 15.5 Å². The van der Waals surface area contributed by atoms with E-state index in [-0.39, 0.29) is 18.9 Å². The number of fused-ring (bicyclic) bond motifs is 1. The zero-order valence-corrected chi connectivity index (χ0v) is 20.7. The van der Waals surface area contributed by atoms with Gasteiger partial charge in [-0.25, -0.2) is 4.39 Å². The van der Waals surface area contributed by atoms with Gasteiger partial charge in [0.15, 0.2) is 5.78 Å². The Labute approximate surface area is 211 Å². The van der Waals surface area contributed by atoms with Gasteiger partial charge in [-0.3, -0.25) is 19.4 Å². The third-order valence-electron chi connectivity index (χ3n) is 6.19. The van der Waals surface area contributed by atoms with Crippen molar-refractivity contribution in [2.24, 2.45) is 11.1 Å². The van der Waals surface area contributed by atoms with Gasteiger partial charge in [0, 0.05) is 29.5 Å². The maximum Gasteiger partial charge on any atom is 0.308 e. The van der Waals surface area contributed by atoms with Crippen molar-refractivity contribution >= 4 is 45.5 Å². The molecule has 0 spiro atoms. The summed E-state index contributed by atoms with van der Waals surface area (Å²) in [7, 11) is 0. The van der Waals surface area contributed by atoms with Gasteiger partial charge in [-0.15, -0.1) is 0 Å². The highest BCUT2D eigenvalue weighted by Gasteiger charge is 2.51. The fourth-order valence-corrected chi connectivity index (χ4v) is 4.66. The van der Waals surface area contributed by atoms with Crippen molar-refractivity contribution in [3.8, 4) is 0 Å². The van der Waals surface area contributed by atoms with Crippen molar-refractivity contribution in [2.45, 2.75) is 44.9 Å². The molecule has 188 valence electrons. The number of amides is 1. The fraction of sp³-hybridized carbons (Fsp3) is 0.346. The number of aromatic nitrogens is 1. The first-order chi connectivity index (χ1) is 17.3. The molecule has 1 aliphatic rings. The van der Waals surface area contributed by atoms with Crippen LogP contribution in [0.4, 0.5) is 4.39 Å². The molecule has 2 atom stereocenters. The van der Waals surface area contributed by atoms with Crippen molar-refractivity contribution in [1.82, 2.24) is 10.3 Å². The van der Waals surface area contributed by atoms with Crippen LogP contribution >= 0.6 is 11.3 Å². The number of nitrogens with zero attached hydrogens (tertiary/aromatic N) is 2. The van der Waals surface area contributed by atoms with Gasteiger partial charge < -0.3 is 14.9 Å². The van der Waals surface area contributed by atoms with Gasteiger partial charge in [0.25, 0.3) is 5.91 Å². The SMILES string of the molecule is CC(C)C1(C(=O)N[C@@H](CC(=O)OCc2ccsc2)C(=O)CF)CC(c2nccc3ccccc23)=NO1. The number of esters is 1. The van der Waals surface area contributed by atoms with Crippen LogP contribution in [0.25, 0.3) is 10.8 Å². The lowest BCUT2D eigenvalue weighted by Crippen LogP contribution is -2.55. The second-order valence-electron chi connectivity index (χ2n) is 8.85. The van der Waals surface area contributed by atoms with Crippen LogP contribution in [0, 0.1) is 5.92 Å². The molecular weight excluding hydrogens is 485 g/mol. The molecule has 36 heavy (non-hydrogen) atoms. The molecule has 1 N–H and O–H groups in total. The molecule has 0 radical (unpaired) electrons. The molecule has 4 rings (SSSR count). The number of hydrogen-bond donors (Lipinski definition) is 1. The molecule has 1 aliphatic heterocycles. The van der Waals surface area contributed by atoms with E-state index in [4.69, 9.17) is 9.57 Å². The Kier molecular flexibility index (Phi) is 7.73. The molecule has 0 aliphatic carbocycles. The summed E-state index contributed by atoms with van der Waals surface area (Å²) in [6.07, 6.45) is 1.26. The maximum atomic E-state index is 13.5. The molecular formula is C26H26FN3O5S. The van der Waals surface area contributed by atoms with Gasteiger partial charge in [-0.1, -0.05) is 43.3 Å². The molecule has 10 heteroatoms. The second kappa shape index (κ2) is 10.9. The molecule has 8 nitrogen and oxygen atoms in total. The van der Waals surface area contributed by atoms with E-state index in [1.807, 2.05) is 41.1 Å². The third kappa shape index (κ3) is 5.28. The minimum absolute atomic E-state index is 0.0289. The highest BCUT2D eigenvalue weighted by molar-refractivity contribution is 7.07. The number of oxime groups is 1. The van der Waals surface area contributed by atoms with Crippen LogP contribution in [0.1, 0.15) is 37.9 Å².